The first-order valence-electron chi connectivity index (χ1n) is 10.7. The summed E-state index contributed by atoms with van der Waals surface area (Å²) in [4.78, 5) is 51.1. The number of nitrogens with zero attached hydrogens (tertiary/aromatic N) is 1. The van der Waals surface area contributed by atoms with E-state index in [1.54, 1.807) is 55.6 Å². The van der Waals surface area contributed by atoms with Crippen LogP contribution in [-0.4, -0.2) is 48.4 Å². The Morgan fingerprint density at radius 1 is 1.09 bits per heavy atom. The highest BCUT2D eigenvalue weighted by molar-refractivity contribution is 7.15. The molecule has 35 heavy (non-hydrogen) atoms. The van der Waals surface area contributed by atoms with E-state index in [0.29, 0.717) is 33.9 Å². The third-order valence-corrected chi connectivity index (χ3v) is 6.12. The molecule has 0 saturated heterocycles. The maximum absolute atomic E-state index is 12.6. The van der Waals surface area contributed by atoms with Crippen molar-refractivity contribution < 1.29 is 33.1 Å². The normalized spacial score (nSPS) is 12.5. The number of furan rings is 1. The molecule has 0 aliphatic carbocycles. The van der Waals surface area contributed by atoms with E-state index >= 15 is 0 Å². The molecule has 3 heterocycles. The summed E-state index contributed by atoms with van der Waals surface area (Å²) in [5.74, 6) is -1.26. The first-order valence-corrected chi connectivity index (χ1v) is 11.6. The van der Waals surface area contributed by atoms with Crippen LogP contribution in [0.15, 0.2) is 52.8 Å². The van der Waals surface area contributed by atoms with Crippen molar-refractivity contribution in [2.75, 3.05) is 25.1 Å². The average Bonchev–Trinajstić information content (AvgIpc) is 3.51. The predicted octanol–water partition coefficient (Wildman–Crippen LogP) is 4.10. The van der Waals surface area contributed by atoms with Gasteiger partial charge in [0.15, 0.2) is 6.61 Å². The van der Waals surface area contributed by atoms with Gasteiger partial charge in [-0.1, -0.05) is 24.8 Å². The zero-order valence-corrected chi connectivity index (χ0v) is 19.9. The molecule has 0 radical (unpaired) electrons. The molecule has 1 aliphatic heterocycles. The largest absolute Gasteiger partial charge is 0.462 e. The van der Waals surface area contributed by atoms with Gasteiger partial charge in [0.1, 0.15) is 28.6 Å². The number of carbonyl (C=O) groups excluding carboxylic acids is 4. The number of anilines is 1. The van der Waals surface area contributed by atoms with Gasteiger partial charge in [-0.2, -0.15) is 0 Å². The number of benzene rings is 1. The topological polar surface area (TPSA) is 115 Å². The molecule has 0 atom stereocenters. The highest BCUT2D eigenvalue weighted by atomic mass is 32.1. The van der Waals surface area contributed by atoms with Gasteiger partial charge in [0.2, 0.25) is 0 Å². The van der Waals surface area contributed by atoms with Gasteiger partial charge in [-0.3, -0.25) is 19.3 Å². The zero-order valence-electron chi connectivity index (χ0n) is 19.1. The zero-order chi connectivity index (χ0) is 25.1. The van der Waals surface area contributed by atoms with Crippen molar-refractivity contribution in [2.24, 2.45) is 0 Å². The molecule has 10 heteroatoms. The predicted molar refractivity (Wildman–Crippen MR) is 129 cm³/mol. The Kier molecular flexibility index (Phi) is 6.83. The minimum absolute atomic E-state index is 0.153. The van der Waals surface area contributed by atoms with Crippen LogP contribution in [0.5, 0.6) is 0 Å². The quantitative estimate of drug-likeness (QED) is 0.469. The number of hydrogen-bond acceptors (Lipinski definition) is 8. The molecule has 1 N–H and O–H groups in total. The fraction of sp³-hybridized carbons (Fsp3) is 0.200. The molecule has 0 spiro atoms. The lowest BCUT2D eigenvalue weighted by atomic mass is 10.1. The van der Waals surface area contributed by atoms with Crippen molar-refractivity contribution in [3.05, 3.63) is 70.8 Å². The number of thiophene rings is 1. The van der Waals surface area contributed by atoms with Crippen LogP contribution in [0.2, 0.25) is 0 Å². The van der Waals surface area contributed by atoms with Crippen LogP contribution in [0.4, 0.5) is 5.00 Å². The Bertz CT molecular complexity index is 1300. The van der Waals surface area contributed by atoms with E-state index in [1.807, 2.05) is 0 Å². The van der Waals surface area contributed by atoms with Gasteiger partial charge in [-0.25, -0.2) is 4.79 Å². The lowest BCUT2D eigenvalue weighted by Crippen LogP contribution is -2.32. The fourth-order valence-corrected chi connectivity index (χ4v) is 4.56. The summed E-state index contributed by atoms with van der Waals surface area (Å²) in [7, 11) is 0. The first kappa shape index (κ1) is 24.0. The number of aryl methyl sites for hydroxylation is 1. The Hall–Kier alpha value is -4.18. The highest BCUT2D eigenvalue weighted by Gasteiger charge is 2.32. The molecule has 0 fully saturated rings. The van der Waals surface area contributed by atoms with Gasteiger partial charge in [-0.05, 0) is 32.0 Å². The molecule has 9 nitrogen and oxygen atoms in total. The smallest absolute Gasteiger partial charge is 0.341 e. The van der Waals surface area contributed by atoms with E-state index in [2.05, 4.69) is 11.9 Å². The molecule has 180 valence electrons. The van der Waals surface area contributed by atoms with Crippen LogP contribution in [0.25, 0.3) is 17.0 Å². The second kappa shape index (κ2) is 9.98. The molecule has 1 aromatic carbocycles. The number of nitrogens with one attached hydrogen (secondary N) is 1. The summed E-state index contributed by atoms with van der Waals surface area (Å²) in [6.07, 6.45) is 0. The monoisotopic (exact) mass is 494 g/mol. The number of fused-ring (bicyclic) bond motifs is 1. The lowest BCUT2D eigenvalue weighted by molar-refractivity contribution is -0.147. The van der Waals surface area contributed by atoms with Gasteiger partial charge in [-0.15, -0.1) is 11.3 Å². The van der Waals surface area contributed by atoms with E-state index in [-0.39, 0.29) is 29.6 Å². The minimum Gasteiger partial charge on any atom is -0.462 e. The van der Waals surface area contributed by atoms with Gasteiger partial charge in [0, 0.05) is 27.8 Å². The SMILES string of the molecule is C=C1c2ccccc2C(=O)N1CC(=O)OCC(=O)Nc1scc(-c2ccc(C)o2)c1C(=O)OCC. The summed E-state index contributed by atoms with van der Waals surface area (Å²) in [6.45, 7) is 6.50. The van der Waals surface area contributed by atoms with Crippen LogP contribution in [0.1, 0.15) is 39.0 Å². The second-order valence-corrected chi connectivity index (χ2v) is 8.46. The van der Waals surface area contributed by atoms with Crippen LogP contribution in [-0.2, 0) is 19.1 Å². The number of ether oxygens (including phenoxy) is 2. The summed E-state index contributed by atoms with van der Waals surface area (Å²) >= 11 is 1.12. The molecule has 3 aromatic rings. The summed E-state index contributed by atoms with van der Waals surface area (Å²) in [5.41, 5.74) is 2.14. The molecule has 0 saturated carbocycles. The molecule has 0 unspecified atom stereocenters. The fourth-order valence-electron chi connectivity index (χ4n) is 3.60. The molecule has 1 aliphatic rings. The highest BCUT2D eigenvalue weighted by Crippen LogP contribution is 2.37. The standard InChI is InChI=1S/C25H22N2O7S/c1-4-32-25(31)22-18(19-10-9-14(2)34-19)13-35-23(22)26-20(28)12-33-21(29)11-27-15(3)16-7-5-6-8-17(16)24(27)30/h5-10,13H,3-4,11-12H2,1-2H3,(H,26,28). The Balaban J connectivity index is 1.39. The van der Waals surface area contributed by atoms with E-state index in [1.165, 1.54) is 4.90 Å². The second-order valence-electron chi connectivity index (χ2n) is 7.58. The van der Waals surface area contributed by atoms with Gasteiger partial charge >= 0.3 is 11.9 Å². The van der Waals surface area contributed by atoms with Crippen molar-refractivity contribution in [1.82, 2.24) is 4.90 Å². The maximum atomic E-state index is 12.6. The van der Waals surface area contributed by atoms with Gasteiger partial charge in [0.05, 0.1) is 6.61 Å². The molecule has 2 amide bonds. The average molecular weight is 495 g/mol. The van der Waals surface area contributed by atoms with Crippen molar-refractivity contribution in [2.45, 2.75) is 13.8 Å². The van der Waals surface area contributed by atoms with Crippen molar-refractivity contribution in [3.8, 4) is 11.3 Å². The number of carbonyl (C=O) groups is 4. The van der Waals surface area contributed by atoms with Crippen molar-refractivity contribution in [1.29, 1.82) is 0 Å². The van der Waals surface area contributed by atoms with Gasteiger partial charge < -0.3 is 19.2 Å². The Labute approximate surface area is 204 Å². The molecular weight excluding hydrogens is 472 g/mol. The lowest BCUT2D eigenvalue weighted by Gasteiger charge is -2.16. The maximum Gasteiger partial charge on any atom is 0.341 e. The van der Waals surface area contributed by atoms with Crippen molar-refractivity contribution >= 4 is 45.8 Å². The van der Waals surface area contributed by atoms with Gasteiger partial charge in [0.25, 0.3) is 11.8 Å². The van der Waals surface area contributed by atoms with Crippen molar-refractivity contribution in [3.63, 3.8) is 0 Å². The summed E-state index contributed by atoms with van der Waals surface area (Å²) < 4.78 is 15.8. The van der Waals surface area contributed by atoms with E-state index in [0.717, 1.165) is 11.3 Å². The number of amides is 2. The van der Waals surface area contributed by atoms with Crippen LogP contribution in [0, 0.1) is 6.92 Å². The Morgan fingerprint density at radius 2 is 1.83 bits per heavy atom. The first-order chi connectivity index (χ1) is 16.8. The number of esters is 2. The third kappa shape index (κ3) is 4.87. The van der Waals surface area contributed by atoms with E-state index < -0.39 is 24.5 Å². The third-order valence-electron chi connectivity index (χ3n) is 5.22. The molecule has 2 aromatic heterocycles. The van der Waals surface area contributed by atoms with Crippen LogP contribution < -0.4 is 5.32 Å². The number of rotatable bonds is 8. The molecular formula is C25H22N2O7S. The van der Waals surface area contributed by atoms with Crippen LogP contribution in [0.3, 0.4) is 0 Å². The Morgan fingerprint density at radius 3 is 2.49 bits per heavy atom. The van der Waals surface area contributed by atoms with E-state index in [4.69, 9.17) is 13.9 Å². The summed E-state index contributed by atoms with van der Waals surface area (Å²) in [6, 6.07) is 10.4. The molecule has 0 bridgehead atoms. The van der Waals surface area contributed by atoms with Crippen LogP contribution >= 0.6 is 11.3 Å². The molecule has 4 rings (SSSR count). The van der Waals surface area contributed by atoms with E-state index in [9.17, 15) is 19.2 Å². The number of hydrogen-bond donors (Lipinski definition) is 1. The minimum atomic E-state index is -0.772. The summed E-state index contributed by atoms with van der Waals surface area (Å²) in [5, 5.41) is 4.51.